The smallest absolute Gasteiger partial charge is 0.337 e. The summed E-state index contributed by atoms with van der Waals surface area (Å²) in [7, 11) is 0. The fourth-order valence-corrected chi connectivity index (χ4v) is 4.46. The second-order valence-corrected chi connectivity index (χ2v) is 8.03. The van der Waals surface area contributed by atoms with Crippen molar-refractivity contribution in [3.8, 4) is 0 Å². The molecule has 1 heterocycles. The van der Waals surface area contributed by atoms with Gasteiger partial charge >= 0.3 is 5.97 Å². The van der Waals surface area contributed by atoms with Gasteiger partial charge in [0.1, 0.15) is 6.10 Å². The van der Waals surface area contributed by atoms with Gasteiger partial charge in [-0.05, 0) is 43.1 Å². The van der Waals surface area contributed by atoms with Gasteiger partial charge < -0.3 is 14.9 Å². The van der Waals surface area contributed by atoms with Crippen LogP contribution in [-0.4, -0.2) is 34.0 Å². The monoisotopic (exact) mass is 306 g/mol. The van der Waals surface area contributed by atoms with Crippen LogP contribution in [0.1, 0.15) is 52.9 Å². The van der Waals surface area contributed by atoms with E-state index in [0.717, 1.165) is 18.4 Å². The molecule has 0 saturated heterocycles. The van der Waals surface area contributed by atoms with Crippen molar-refractivity contribution in [3.05, 3.63) is 23.8 Å². The topological polar surface area (TPSA) is 66.8 Å². The van der Waals surface area contributed by atoms with E-state index < -0.39 is 29.2 Å². The summed E-state index contributed by atoms with van der Waals surface area (Å²) in [4.78, 5) is 12.5. The van der Waals surface area contributed by atoms with E-state index in [4.69, 9.17) is 4.74 Å². The second kappa shape index (κ2) is 4.68. The molecule has 4 heteroatoms. The Morgan fingerprint density at radius 3 is 2.55 bits per heavy atom. The minimum atomic E-state index is -0.933. The largest absolute Gasteiger partial charge is 0.448 e. The molecule has 3 aliphatic rings. The molecule has 2 N–H and O–H groups in total. The molecule has 4 nitrogen and oxygen atoms in total. The molecule has 1 fully saturated rings. The second-order valence-electron chi connectivity index (χ2n) is 8.03. The van der Waals surface area contributed by atoms with Gasteiger partial charge in [0, 0.05) is 5.41 Å². The highest BCUT2D eigenvalue weighted by atomic mass is 16.6. The van der Waals surface area contributed by atoms with Crippen LogP contribution in [0.5, 0.6) is 0 Å². The van der Waals surface area contributed by atoms with E-state index in [1.54, 1.807) is 6.08 Å². The Morgan fingerprint density at radius 2 is 1.91 bits per heavy atom. The number of fused-ring (bicyclic) bond motifs is 1. The molecule has 2 aliphatic carbocycles. The molecular formula is C18H26O4. The first kappa shape index (κ1) is 15.8. The average Bonchev–Trinajstić information content (AvgIpc) is 2.74. The molecule has 0 unspecified atom stereocenters. The van der Waals surface area contributed by atoms with E-state index in [2.05, 4.69) is 6.58 Å². The number of carbonyl (C=O) groups is 1. The van der Waals surface area contributed by atoms with Crippen LogP contribution in [0.25, 0.3) is 0 Å². The van der Waals surface area contributed by atoms with E-state index in [1.165, 1.54) is 0 Å². The number of esters is 1. The number of hydrogen-bond acceptors (Lipinski definition) is 4. The van der Waals surface area contributed by atoms with Crippen molar-refractivity contribution in [2.24, 2.45) is 10.8 Å². The molecule has 22 heavy (non-hydrogen) atoms. The quantitative estimate of drug-likeness (QED) is 0.577. The Morgan fingerprint density at radius 1 is 1.23 bits per heavy atom. The molecule has 0 radical (unpaired) electrons. The van der Waals surface area contributed by atoms with Crippen molar-refractivity contribution < 1.29 is 19.7 Å². The Balaban J connectivity index is 2.09. The molecular weight excluding hydrogens is 280 g/mol. The third-order valence-corrected chi connectivity index (χ3v) is 6.16. The minimum Gasteiger partial charge on any atom is -0.448 e. The van der Waals surface area contributed by atoms with Crippen LogP contribution in [0.2, 0.25) is 0 Å². The van der Waals surface area contributed by atoms with Gasteiger partial charge in [0.25, 0.3) is 0 Å². The Bertz CT molecular complexity index is 561. The summed E-state index contributed by atoms with van der Waals surface area (Å²) >= 11 is 0. The van der Waals surface area contributed by atoms with Gasteiger partial charge in [-0.1, -0.05) is 26.8 Å². The first-order valence-corrected chi connectivity index (χ1v) is 8.14. The van der Waals surface area contributed by atoms with Crippen molar-refractivity contribution >= 4 is 5.97 Å². The molecule has 122 valence electrons. The van der Waals surface area contributed by atoms with Crippen LogP contribution in [0.4, 0.5) is 0 Å². The van der Waals surface area contributed by atoms with Crippen LogP contribution in [0.3, 0.4) is 0 Å². The first-order chi connectivity index (χ1) is 10.2. The lowest BCUT2D eigenvalue weighted by atomic mass is 9.61. The fourth-order valence-electron chi connectivity index (χ4n) is 4.46. The molecule has 0 amide bonds. The number of rotatable bonds is 1. The lowest BCUT2D eigenvalue weighted by molar-refractivity contribution is -0.175. The SMILES string of the molecule is C=C[C@@]1(C)CCC2=C(C(=O)O[C@@]23CCCC(C)(C)[C@H]3O)[C@@H]1O. The highest BCUT2D eigenvalue weighted by Crippen LogP contribution is 2.55. The predicted molar refractivity (Wildman–Crippen MR) is 83.0 cm³/mol. The number of ether oxygens (including phenoxy) is 1. The number of aliphatic hydroxyl groups is 2. The van der Waals surface area contributed by atoms with Crippen molar-refractivity contribution in [2.75, 3.05) is 0 Å². The zero-order valence-electron chi connectivity index (χ0n) is 13.7. The van der Waals surface area contributed by atoms with Crippen LogP contribution in [-0.2, 0) is 9.53 Å². The van der Waals surface area contributed by atoms with E-state index in [-0.39, 0.29) is 5.41 Å². The summed E-state index contributed by atoms with van der Waals surface area (Å²) in [6, 6.07) is 0. The summed E-state index contributed by atoms with van der Waals surface area (Å²) < 4.78 is 5.74. The van der Waals surface area contributed by atoms with Crippen molar-refractivity contribution in [3.63, 3.8) is 0 Å². The fraction of sp³-hybridized carbons (Fsp3) is 0.722. The summed E-state index contributed by atoms with van der Waals surface area (Å²) in [6.45, 7) is 9.74. The summed E-state index contributed by atoms with van der Waals surface area (Å²) in [5.74, 6) is -0.466. The minimum absolute atomic E-state index is 0.300. The number of hydrogen-bond donors (Lipinski definition) is 2. The lowest BCUT2D eigenvalue weighted by Crippen LogP contribution is -2.55. The number of aliphatic hydroxyl groups excluding tert-OH is 2. The lowest BCUT2D eigenvalue weighted by Gasteiger charge is -2.48. The molecule has 0 aromatic rings. The molecule has 3 rings (SSSR count). The third-order valence-electron chi connectivity index (χ3n) is 6.16. The zero-order valence-corrected chi connectivity index (χ0v) is 13.7. The zero-order chi connectivity index (χ0) is 16.3. The molecule has 1 spiro atoms. The van der Waals surface area contributed by atoms with Gasteiger partial charge in [-0.3, -0.25) is 0 Å². The van der Waals surface area contributed by atoms with Gasteiger partial charge in [-0.2, -0.15) is 0 Å². The van der Waals surface area contributed by atoms with Gasteiger partial charge in [0.15, 0.2) is 5.60 Å². The van der Waals surface area contributed by atoms with Crippen LogP contribution >= 0.6 is 0 Å². The Labute approximate surface area is 131 Å². The Kier molecular flexibility index (Phi) is 3.35. The van der Waals surface area contributed by atoms with E-state index >= 15 is 0 Å². The normalized spacial score (nSPS) is 44.0. The summed E-state index contributed by atoms with van der Waals surface area (Å²) in [5.41, 5.74) is -0.559. The molecule has 1 aliphatic heterocycles. The number of carbonyl (C=O) groups excluding carboxylic acids is 1. The maximum absolute atomic E-state index is 12.5. The summed E-state index contributed by atoms with van der Waals surface area (Å²) in [5, 5.41) is 21.6. The van der Waals surface area contributed by atoms with Crippen LogP contribution in [0, 0.1) is 10.8 Å². The highest BCUT2D eigenvalue weighted by molar-refractivity contribution is 5.95. The van der Waals surface area contributed by atoms with Crippen molar-refractivity contribution in [1.29, 1.82) is 0 Å². The standard InChI is InChI=1S/C18H26O4/c1-5-17(4)10-7-11-12(13(17)19)14(20)22-18(11)9-6-8-16(2,3)15(18)21/h5,13,15,19,21H,1,6-10H2,2-4H3/t13-,15+,17-,18-/m0/s1. The van der Waals surface area contributed by atoms with Gasteiger partial charge in [-0.25, -0.2) is 4.79 Å². The van der Waals surface area contributed by atoms with Crippen LogP contribution < -0.4 is 0 Å². The van der Waals surface area contributed by atoms with Gasteiger partial charge in [-0.15, -0.1) is 6.58 Å². The van der Waals surface area contributed by atoms with E-state index in [0.29, 0.717) is 24.8 Å². The third kappa shape index (κ3) is 1.86. The Hall–Kier alpha value is -1.13. The van der Waals surface area contributed by atoms with Crippen molar-refractivity contribution in [2.45, 2.75) is 70.7 Å². The van der Waals surface area contributed by atoms with E-state index in [9.17, 15) is 15.0 Å². The first-order valence-electron chi connectivity index (χ1n) is 8.14. The molecule has 0 aromatic heterocycles. The average molecular weight is 306 g/mol. The summed E-state index contributed by atoms with van der Waals surface area (Å²) in [6.07, 6.45) is 3.91. The maximum Gasteiger partial charge on any atom is 0.337 e. The van der Waals surface area contributed by atoms with Crippen molar-refractivity contribution in [1.82, 2.24) is 0 Å². The molecule has 0 aromatic carbocycles. The molecule has 4 atom stereocenters. The van der Waals surface area contributed by atoms with Crippen LogP contribution in [0.15, 0.2) is 23.8 Å². The predicted octanol–water partition coefficient (Wildman–Crippen LogP) is 2.50. The van der Waals surface area contributed by atoms with E-state index in [1.807, 2.05) is 20.8 Å². The van der Waals surface area contributed by atoms with Gasteiger partial charge in [0.05, 0.1) is 11.7 Å². The molecule has 0 bridgehead atoms. The molecule has 1 saturated carbocycles. The van der Waals surface area contributed by atoms with Gasteiger partial charge in [0.2, 0.25) is 0 Å². The maximum atomic E-state index is 12.5. The highest BCUT2D eigenvalue weighted by Gasteiger charge is 2.61.